The number of hydrogen-bond acceptors (Lipinski definition) is 4. The minimum atomic E-state index is 0.0815. The Balaban J connectivity index is 2.41. The first-order chi connectivity index (χ1) is 11.0. The largest absolute Gasteiger partial charge is 0.359 e. The number of aliphatic imine (C=N–C) groups is 1. The molecule has 0 unspecified atom stereocenters. The summed E-state index contributed by atoms with van der Waals surface area (Å²) in [6, 6.07) is 1.99. The molecule has 7 nitrogen and oxygen atoms in total. The van der Waals surface area contributed by atoms with Crippen molar-refractivity contribution in [3.8, 4) is 0 Å². The van der Waals surface area contributed by atoms with Crippen LogP contribution in [0.2, 0.25) is 0 Å². The highest BCUT2D eigenvalue weighted by Crippen LogP contribution is 2.22. The standard InChI is InChI=1S/C16H29N5O2/c1-6-12(7-2)14-10-13(23-20-14)11-19-16(17-3)18-9-8-15(22)21(4)5/h10,12H,6-9,11H2,1-5H3,(H2,17,18,19). The van der Waals surface area contributed by atoms with Crippen molar-refractivity contribution < 1.29 is 9.32 Å². The van der Waals surface area contributed by atoms with Crippen molar-refractivity contribution in [2.24, 2.45) is 4.99 Å². The van der Waals surface area contributed by atoms with Gasteiger partial charge in [0.25, 0.3) is 0 Å². The molecule has 23 heavy (non-hydrogen) atoms. The van der Waals surface area contributed by atoms with E-state index >= 15 is 0 Å². The molecule has 0 radical (unpaired) electrons. The molecule has 2 N–H and O–H groups in total. The Hall–Kier alpha value is -2.05. The van der Waals surface area contributed by atoms with Gasteiger partial charge in [-0.1, -0.05) is 19.0 Å². The first kappa shape index (κ1) is 19.0. The average molecular weight is 323 g/mol. The second kappa shape index (κ2) is 9.86. The molecule has 0 aromatic carbocycles. The summed E-state index contributed by atoms with van der Waals surface area (Å²) in [4.78, 5) is 17.2. The van der Waals surface area contributed by atoms with Crippen LogP contribution in [0.15, 0.2) is 15.6 Å². The third-order valence-electron chi connectivity index (χ3n) is 3.76. The van der Waals surface area contributed by atoms with Crippen LogP contribution in [0.1, 0.15) is 50.5 Å². The highest BCUT2D eigenvalue weighted by atomic mass is 16.5. The molecule has 0 atom stereocenters. The zero-order valence-electron chi connectivity index (χ0n) is 14.8. The first-order valence-electron chi connectivity index (χ1n) is 8.11. The molecule has 1 aromatic heterocycles. The summed E-state index contributed by atoms with van der Waals surface area (Å²) >= 11 is 0. The van der Waals surface area contributed by atoms with Gasteiger partial charge in [0, 0.05) is 46.1 Å². The van der Waals surface area contributed by atoms with Gasteiger partial charge < -0.3 is 20.1 Å². The predicted molar refractivity (Wildman–Crippen MR) is 91.3 cm³/mol. The Labute approximate surface area is 138 Å². The highest BCUT2D eigenvalue weighted by Gasteiger charge is 2.13. The van der Waals surface area contributed by atoms with Crippen molar-refractivity contribution >= 4 is 11.9 Å². The van der Waals surface area contributed by atoms with E-state index in [4.69, 9.17) is 4.52 Å². The number of nitrogens with one attached hydrogen (secondary N) is 2. The van der Waals surface area contributed by atoms with E-state index in [2.05, 4.69) is 34.6 Å². The number of carbonyl (C=O) groups is 1. The van der Waals surface area contributed by atoms with Crippen LogP contribution < -0.4 is 10.6 Å². The van der Waals surface area contributed by atoms with Gasteiger partial charge in [0.05, 0.1) is 12.2 Å². The van der Waals surface area contributed by atoms with Crippen molar-refractivity contribution in [1.29, 1.82) is 0 Å². The normalized spacial score (nSPS) is 11.7. The van der Waals surface area contributed by atoms with Crippen LogP contribution in [0.5, 0.6) is 0 Å². The molecule has 0 fully saturated rings. The molecule has 1 heterocycles. The van der Waals surface area contributed by atoms with Crippen molar-refractivity contribution in [1.82, 2.24) is 20.7 Å². The smallest absolute Gasteiger partial charge is 0.223 e. The lowest BCUT2D eigenvalue weighted by molar-refractivity contribution is -0.128. The minimum absolute atomic E-state index is 0.0815. The van der Waals surface area contributed by atoms with Crippen LogP contribution in [0, 0.1) is 0 Å². The lowest BCUT2D eigenvalue weighted by atomic mass is 9.99. The van der Waals surface area contributed by atoms with Gasteiger partial charge in [-0.25, -0.2) is 0 Å². The summed E-state index contributed by atoms with van der Waals surface area (Å²) in [5.74, 6) is 1.94. The molecule has 0 aliphatic rings. The van der Waals surface area contributed by atoms with E-state index in [1.165, 1.54) is 0 Å². The van der Waals surface area contributed by atoms with Crippen molar-refractivity contribution in [3.05, 3.63) is 17.5 Å². The van der Waals surface area contributed by atoms with Gasteiger partial charge in [-0.2, -0.15) is 0 Å². The number of amides is 1. The van der Waals surface area contributed by atoms with E-state index in [0.29, 0.717) is 31.4 Å². The third-order valence-corrected chi connectivity index (χ3v) is 3.76. The SMILES string of the molecule is CCC(CC)c1cc(CNC(=NC)NCCC(=O)N(C)C)on1. The fourth-order valence-corrected chi connectivity index (χ4v) is 2.21. The van der Waals surface area contributed by atoms with Gasteiger partial charge in [-0.3, -0.25) is 9.79 Å². The fourth-order valence-electron chi connectivity index (χ4n) is 2.21. The molecule has 0 saturated carbocycles. The second-order valence-corrected chi connectivity index (χ2v) is 5.62. The van der Waals surface area contributed by atoms with Crippen LogP contribution in [0.25, 0.3) is 0 Å². The molecular formula is C16H29N5O2. The van der Waals surface area contributed by atoms with Crippen LogP contribution in [-0.2, 0) is 11.3 Å². The molecule has 0 aliphatic carbocycles. The number of guanidine groups is 1. The van der Waals surface area contributed by atoms with E-state index in [1.807, 2.05) is 6.07 Å². The monoisotopic (exact) mass is 323 g/mol. The molecule has 1 rings (SSSR count). The Bertz CT molecular complexity index is 506. The number of nitrogens with zero attached hydrogens (tertiary/aromatic N) is 3. The van der Waals surface area contributed by atoms with E-state index in [1.54, 1.807) is 26.0 Å². The van der Waals surface area contributed by atoms with Gasteiger partial charge in [0.1, 0.15) is 0 Å². The molecule has 1 aromatic rings. The van der Waals surface area contributed by atoms with Crippen LogP contribution in [0.4, 0.5) is 0 Å². The van der Waals surface area contributed by atoms with Crippen LogP contribution in [-0.4, -0.2) is 49.6 Å². The number of hydrogen-bond donors (Lipinski definition) is 2. The molecule has 0 saturated heterocycles. The molecule has 7 heteroatoms. The molecule has 130 valence electrons. The Morgan fingerprint density at radius 3 is 2.61 bits per heavy atom. The molecule has 0 aliphatic heterocycles. The van der Waals surface area contributed by atoms with E-state index < -0.39 is 0 Å². The Morgan fingerprint density at radius 2 is 2.04 bits per heavy atom. The van der Waals surface area contributed by atoms with Crippen LogP contribution >= 0.6 is 0 Å². The summed E-state index contributed by atoms with van der Waals surface area (Å²) in [5.41, 5.74) is 1.01. The number of carbonyl (C=O) groups excluding carboxylic acids is 1. The summed E-state index contributed by atoms with van der Waals surface area (Å²) in [6.07, 6.45) is 2.53. The maximum Gasteiger partial charge on any atom is 0.223 e. The molecule has 0 bridgehead atoms. The van der Waals surface area contributed by atoms with E-state index in [0.717, 1.165) is 24.3 Å². The lowest BCUT2D eigenvalue weighted by Crippen LogP contribution is -2.38. The molecule has 1 amide bonds. The Morgan fingerprint density at radius 1 is 1.35 bits per heavy atom. The van der Waals surface area contributed by atoms with E-state index in [-0.39, 0.29) is 5.91 Å². The summed E-state index contributed by atoms with van der Waals surface area (Å²) < 4.78 is 5.36. The van der Waals surface area contributed by atoms with Gasteiger partial charge in [-0.15, -0.1) is 0 Å². The maximum absolute atomic E-state index is 11.5. The minimum Gasteiger partial charge on any atom is -0.359 e. The zero-order chi connectivity index (χ0) is 17.2. The topological polar surface area (TPSA) is 82.8 Å². The Kier molecular flexibility index (Phi) is 8.15. The van der Waals surface area contributed by atoms with Gasteiger partial charge in [-0.05, 0) is 12.8 Å². The third kappa shape index (κ3) is 6.30. The van der Waals surface area contributed by atoms with Crippen molar-refractivity contribution in [2.75, 3.05) is 27.7 Å². The van der Waals surface area contributed by atoms with Gasteiger partial charge in [0.15, 0.2) is 11.7 Å². The quantitative estimate of drug-likeness (QED) is 0.562. The average Bonchev–Trinajstić information content (AvgIpc) is 3.00. The van der Waals surface area contributed by atoms with Crippen molar-refractivity contribution in [2.45, 2.75) is 45.6 Å². The second-order valence-electron chi connectivity index (χ2n) is 5.62. The predicted octanol–water partition coefficient (Wildman–Crippen LogP) is 1.72. The summed E-state index contributed by atoms with van der Waals surface area (Å²) in [5, 5.41) is 10.4. The van der Waals surface area contributed by atoms with Crippen LogP contribution in [0.3, 0.4) is 0 Å². The lowest BCUT2D eigenvalue weighted by Gasteiger charge is -2.13. The summed E-state index contributed by atoms with van der Waals surface area (Å²) in [7, 11) is 5.19. The number of rotatable bonds is 8. The zero-order valence-corrected chi connectivity index (χ0v) is 14.8. The van der Waals surface area contributed by atoms with E-state index in [9.17, 15) is 4.79 Å². The molecule has 0 spiro atoms. The van der Waals surface area contributed by atoms with Gasteiger partial charge >= 0.3 is 0 Å². The summed E-state index contributed by atoms with van der Waals surface area (Å²) in [6.45, 7) is 5.35. The van der Waals surface area contributed by atoms with Crippen molar-refractivity contribution in [3.63, 3.8) is 0 Å². The molecular weight excluding hydrogens is 294 g/mol. The maximum atomic E-state index is 11.5. The fraction of sp³-hybridized carbons (Fsp3) is 0.688. The first-order valence-corrected chi connectivity index (χ1v) is 8.11. The van der Waals surface area contributed by atoms with Gasteiger partial charge in [0.2, 0.25) is 5.91 Å². The number of aromatic nitrogens is 1. The highest BCUT2D eigenvalue weighted by molar-refractivity contribution is 5.81.